The number of thioether (sulfide) groups is 1. The van der Waals surface area contributed by atoms with Gasteiger partial charge in [-0.25, -0.2) is 0 Å². The Hall–Kier alpha value is -2.30. The van der Waals surface area contributed by atoms with E-state index < -0.39 is 0 Å². The minimum atomic E-state index is -0.00425. The van der Waals surface area contributed by atoms with Crippen molar-refractivity contribution in [1.29, 1.82) is 0 Å². The number of benzene rings is 4. The molecule has 2 nitrogen and oxygen atoms in total. The van der Waals surface area contributed by atoms with Crippen molar-refractivity contribution in [3.63, 3.8) is 0 Å². The fourth-order valence-corrected chi connectivity index (χ4v) is 4.38. The standard InChI is InChI=1S/C22H16BrNOS/c23-19-12-13-20(18-10-4-3-9-17(18)19)24-22(25)14-26-21-11-5-7-15-6-1-2-8-16(15)21/h1-13H,14H2,(H,24,25). The lowest BCUT2D eigenvalue weighted by Gasteiger charge is -2.10. The average Bonchev–Trinajstić information content (AvgIpc) is 2.69. The molecule has 0 aliphatic carbocycles. The highest BCUT2D eigenvalue weighted by Gasteiger charge is 2.09. The van der Waals surface area contributed by atoms with E-state index in [2.05, 4.69) is 45.5 Å². The third kappa shape index (κ3) is 3.48. The Balaban J connectivity index is 1.52. The van der Waals surface area contributed by atoms with Gasteiger partial charge in [0, 0.05) is 20.4 Å². The molecule has 4 rings (SSSR count). The van der Waals surface area contributed by atoms with Crippen molar-refractivity contribution >= 4 is 60.8 Å². The van der Waals surface area contributed by atoms with Crippen LogP contribution in [0.25, 0.3) is 21.5 Å². The van der Waals surface area contributed by atoms with Crippen molar-refractivity contribution in [3.8, 4) is 0 Å². The van der Waals surface area contributed by atoms with Crippen LogP contribution < -0.4 is 5.32 Å². The predicted octanol–water partition coefficient (Wildman–Crippen LogP) is 6.49. The summed E-state index contributed by atoms with van der Waals surface area (Å²) in [7, 11) is 0. The maximum absolute atomic E-state index is 12.5. The Labute approximate surface area is 164 Å². The highest BCUT2D eigenvalue weighted by Crippen LogP contribution is 2.31. The number of carbonyl (C=O) groups is 1. The Morgan fingerprint density at radius 3 is 2.35 bits per heavy atom. The Kier molecular flexibility index (Phi) is 4.96. The molecule has 0 aliphatic heterocycles. The van der Waals surface area contributed by atoms with Crippen LogP contribution in [0.5, 0.6) is 0 Å². The molecule has 4 aromatic carbocycles. The summed E-state index contributed by atoms with van der Waals surface area (Å²) in [5, 5.41) is 7.55. The van der Waals surface area contributed by atoms with Crippen molar-refractivity contribution in [2.75, 3.05) is 11.1 Å². The minimum absolute atomic E-state index is 0.00425. The monoisotopic (exact) mass is 421 g/mol. The van der Waals surface area contributed by atoms with Gasteiger partial charge >= 0.3 is 0 Å². The van der Waals surface area contributed by atoms with Crippen LogP contribution in [0.15, 0.2) is 88.2 Å². The van der Waals surface area contributed by atoms with Gasteiger partial charge < -0.3 is 5.32 Å². The fourth-order valence-electron chi connectivity index (χ4n) is 3.02. The van der Waals surface area contributed by atoms with Crippen LogP contribution in [0.3, 0.4) is 0 Å². The lowest BCUT2D eigenvalue weighted by atomic mass is 10.1. The molecule has 4 aromatic rings. The van der Waals surface area contributed by atoms with Gasteiger partial charge in [0.05, 0.1) is 5.75 Å². The lowest BCUT2D eigenvalue weighted by molar-refractivity contribution is -0.113. The van der Waals surface area contributed by atoms with Gasteiger partial charge in [0.25, 0.3) is 0 Å². The van der Waals surface area contributed by atoms with E-state index in [0.29, 0.717) is 5.75 Å². The number of anilines is 1. The molecular weight excluding hydrogens is 406 g/mol. The summed E-state index contributed by atoms with van der Waals surface area (Å²) in [6.07, 6.45) is 0. The van der Waals surface area contributed by atoms with Crippen LogP contribution in [0.1, 0.15) is 0 Å². The van der Waals surface area contributed by atoms with Gasteiger partial charge in [-0.05, 0) is 34.4 Å². The largest absolute Gasteiger partial charge is 0.325 e. The number of fused-ring (bicyclic) bond motifs is 2. The van der Waals surface area contributed by atoms with Crippen LogP contribution in [-0.4, -0.2) is 11.7 Å². The Bertz CT molecular complexity index is 1100. The molecule has 128 valence electrons. The van der Waals surface area contributed by atoms with Crippen LogP contribution in [0, 0.1) is 0 Å². The van der Waals surface area contributed by atoms with E-state index in [1.54, 1.807) is 11.8 Å². The SMILES string of the molecule is O=C(CSc1cccc2ccccc12)Nc1ccc(Br)c2ccccc12. The first-order valence-corrected chi connectivity index (χ1v) is 10.1. The molecule has 26 heavy (non-hydrogen) atoms. The van der Waals surface area contributed by atoms with Crippen molar-refractivity contribution < 1.29 is 4.79 Å². The highest BCUT2D eigenvalue weighted by atomic mass is 79.9. The number of halogens is 1. The van der Waals surface area contributed by atoms with E-state index >= 15 is 0 Å². The topological polar surface area (TPSA) is 29.1 Å². The first kappa shape index (κ1) is 17.1. The molecule has 0 fully saturated rings. The molecule has 0 saturated heterocycles. The van der Waals surface area contributed by atoms with Gasteiger partial charge in [-0.3, -0.25) is 4.79 Å². The second kappa shape index (κ2) is 7.52. The molecule has 0 bridgehead atoms. The van der Waals surface area contributed by atoms with Gasteiger partial charge in [-0.15, -0.1) is 11.8 Å². The number of hydrogen-bond acceptors (Lipinski definition) is 2. The molecule has 1 N–H and O–H groups in total. The summed E-state index contributed by atoms with van der Waals surface area (Å²) in [5.41, 5.74) is 0.840. The molecule has 0 saturated carbocycles. The van der Waals surface area contributed by atoms with Crippen molar-refractivity contribution in [2.45, 2.75) is 4.90 Å². The minimum Gasteiger partial charge on any atom is -0.325 e. The number of carbonyl (C=O) groups excluding carboxylic acids is 1. The number of amides is 1. The predicted molar refractivity (Wildman–Crippen MR) is 115 cm³/mol. The van der Waals surface area contributed by atoms with Gasteiger partial charge in [0.2, 0.25) is 5.91 Å². The highest BCUT2D eigenvalue weighted by molar-refractivity contribution is 9.10. The first-order valence-electron chi connectivity index (χ1n) is 8.30. The smallest absolute Gasteiger partial charge is 0.234 e. The van der Waals surface area contributed by atoms with E-state index in [-0.39, 0.29) is 5.91 Å². The van der Waals surface area contributed by atoms with Crippen molar-refractivity contribution in [1.82, 2.24) is 0 Å². The maximum Gasteiger partial charge on any atom is 0.234 e. The quantitative estimate of drug-likeness (QED) is 0.381. The zero-order valence-corrected chi connectivity index (χ0v) is 16.3. The molecule has 4 heteroatoms. The third-order valence-electron chi connectivity index (χ3n) is 4.25. The molecule has 1 amide bonds. The summed E-state index contributed by atoms with van der Waals surface area (Å²) in [6, 6.07) is 26.4. The van der Waals surface area contributed by atoms with Gasteiger partial charge in [-0.1, -0.05) is 76.6 Å². The molecular formula is C22H16BrNOS. The van der Waals surface area contributed by atoms with E-state index in [1.165, 1.54) is 10.8 Å². The summed E-state index contributed by atoms with van der Waals surface area (Å²) < 4.78 is 1.02. The van der Waals surface area contributed by atoms with E-state index in [9.17, 15) is 4.79 Å². The Morgan fingerprint density at radius 1 is 0.808 bits per heavy atom. The third-order valence-corrected chi connectivity index (χ3v) is 6.02. The number of rotatable bonds is 4. The molecule has 0 heterocycles. The number of nitrogens with one attached hydrogen (secondary N) is 1. The summed E-state index contributed by atoms with van der Waals surface area (Å²) in [4.78, 5) is 13.6. The molecule has 0 aliphatic rings. The molecule has 0 spiro atoms. The van der Waals surface area contributed by atoms with Crippen molar-refractivity contribution in [3.05, 3.63) is 83.3 Å². The van der Waals surface area contributed by atoms with E-state index in [1.807, 2.05) is 54.6 Å². The van der Waals surface area contributed by atoms with Crippen LogP contribution >= 0.6 is 27.7 Å². The lowest BCUT2D eigenvalue weighted by Crippen LogP contribution is -2.14. The van der Waals surface area contributed by atoms with E-state index in [0.717, 1.165) is 25.8 Å². The summed E-state index contributed by atoms with van der Waals surface area (Å²) >= 11 is 5.13. The average molecular weight is 422 g/mol. The van der Waals surface area contributed by atoms with Crippen LogP contribution in [0.2, 0.25) is 0 Å². The normalized spacial score (nSPS) is 11.0. The first-order chi connectivity index (χ1) is 12.7. The molecule has 0 radical (unpaired) electrons. The van der Waals surface area contributed by atoms with Gasteiger partial charge in [0.15, 0.2) is 0 Å². The van der Waals surface area contributed by atoms with E-state index in [4.69, 9.17) is 0 Å². The van der Waals surface area contributed by atoms with Crippen LogP contribution in [-0.2, 0) is 4.79 Å². The van der Waals surface area contributed by atoms with Gasteiger partial charge in [-0.2, -0.15) is 0 Å². The maximum atomic E-state index is 12.5. The number of hydrogen-bond donors (Lipinski definition) is 1. The molecule has 0 aromatic heterocycles. The van der Waals surface area contributed by atoms with Crippen molar-refractivity contribution in [2.24, 2.45) is 0 Å². The second-order valence-corrected chi connectivity index (χ2v) is 7.83. The zero-order valence-electron chi connectivity index (χ0n) is 13.9. The summed E-state index contributed by atoms with van der Waals surface area (Å²) in [6.45, 7) is 0. The van der Waals surface area contributed by atoms with Gasteiger partial charge in [0.1, 0.15) is 0 Å². The fraction of sp³-hybridized carbons (Fsp3) is 0.0455. The van der Waals surface area contributed by atoms with Crippen LogP contribution in [0.4, 0.5) is 5.69 Å². The Morgan fingerprint density at radius 2 is 1.50 bits per heavy atom. The zero-order chi connectivity index (χ0) is 17.9. The summed E-state index contributed by atoms with van der Waals surface area (Å²) in [5.74, 6) is 0.369. The molecule has 0 atom stereocenters. The second-order valence-electron chi connectivity index (χ2n) is 5.95. The molecule has 0 unspecified atom stereocenters.